The van der Waals surface area contributed by atoms with Gasteiger partial charge in [0.15, 0.2) is 0 Å². The average Bonchev–Trinajstić information content (AvgIpc) is 2.26. The third-order valence-electron chi connectivity index (χ3n) is 2.52. The number of halogens is 2. The van der Waals surface area contributed by atoms with E-state index in [0.29, 0.717) is 12.8 Å². The summed E-state index contributed by atoms with van der Waals surface area (Å²) in [4.78, 5) is 11.0. The minimum absolute atomic E-state index is 0.0195. The van der Waals surface area contributed by atoms with Crippen LogP contribution in [0.5, 0.6) is 0 Å². The summed E-state index contributed by atoms with van der Waals surface area (Å²) < 4.78 is 2.08. The van der Waals surface area contributed by atoms with Crippen molar-refractivity contribution in [1.82, 2.24) is 5.43 Å². The molecule has 0 saturated heterocycles. The van der Waals surface area contributed by atoms with Gasteiger partial charge < -0.3 is 0 Å². The lowest BCUT2D eigenvalue weighted by molar-refractivity contribution is -0.121. The Morgan fingerprint density at radius 3 is 2.38 bits per heavy atom. The number of carbonyl (C=O) groups excluding carboxylic acids is 1. The van der Waals surface area contributed by atoms with E-state index in [9.17, 15) is 4.79 Å². The van der Waals surface area contributed by atoms with Gasteiger partial charge in [0, 0.05) is 21.8 Å². The van der Waals surface area contributed by atoms with Gasteiger partial charge in [0.1, 0.15) is 0 Å². The van der Waals surface area contributed by atoms with Gasteiger partial charge in [-0.1, -0.05) is 31.9 Å². The summed E-state index contributed by atoms with van der Waals surface area (Å²) in [6, 6.07) is 4.05. The molecule has 1 aromatic carbocycles. The van der Waals surface area contributed by atoms with Crippen LogP contribution in [0.4, 0.5) is 0 Å². The maximum absolute atomic E-state index is 11.0. The number of hydrogen-bond donors (Lipinski definition) is 1. The van der Waals surface area contributed by atoms with Crippen LogP contribution < -0.4 is 5.43 Å². The Bertz CT molecular complexity index is 460. The lowest BCUT2D eigenvalue weighted by Gasteiger charge is -2.13. The molecular formula is C11H10Br2N2O. The molecule has 0 fully saturated rings. The molecule has 84 valence electrons. The Balaban J connectivity index is 2.38. The Morgan fingerprint density at radius 1 is 1.25 bits per heavy atom. The molecule has 0 aromatic heterocycles. The second-order valence-electron chi connectivity index (χ2n) is 3.66. The topological polar surface area (TPSA) is 41.5 Å². The van der Waals surface area contributed by atoms with Crippen molar-refractivity contribution in [2.24, 2.45) is 5.10 Å². The molecule has 1 aliphatic heterocycles. The van der Waals surface area contributed by atoms with Crippen LogP contribution in [-0.4, -0.2) is 11.6 Å². The van der Waals surface area contributed by atoms with Gasteiger partial charge in [-0.25, -0.2) is 5.43 Å². The summed E-state index contributed by atoms with van der Waals surface area (Å²) in [5.41, 5.74) is 5.61. The summed E-state index contributed by atoms with van der Waals surface area (Å²) in [5.74, 6) is -0.0195. The third-order valence-corrected chi connectivity index (χ3v) is 4.17. The second-order valence-corrected chi connectivity index (χ2v) is 5.37. The van der Waals surface area contributed by atoms with E-state index in [0.717, 1.165) is 25.8 Å². The van der Waals surface area contributed by atoms with Gasteiger partial charge in [-0.15, -0.1) is 0 Å². The largest absolute Gasteiger partial charge is 0.273 e. The quantitative estimate of drug-likeness (QED) is 0.834. The number of benzene rings is 1. The van der Waals surface area contributed by atoms with E-state index >= 15 is 0 Å². The average molecular weight is 346 g/mol. The molecule has 0 saturated carbocycles. The molecule has 5 heteroatoms. The molecule has 16 heavy (non-hydrogen) atoms. The van der Waals surface area contributed by atoms with Gasteiger partial charge in [-0.05, 0) is 30.2 Å². The molecule has 1 amide bonds. The SMILES string of the molecule is Cc1c(Br)cc(C2=NNC(=O)CC2)cc1Br. The van der Waals surface area contributed by atoms with E-state index in [1.807, 2.05) is 19.1 Å². The van der Waals surface area contributed by atoms with Crippen LogP contribution in [0.1, 0.15) is 24.0 Å². The van der Waals surface area contributed by atoms with Crippen molar-refractivity contribution in [1.29, 1.82) is 0 Å². The van der Waals surface area contributed by atoms with E-state index in [1.165, 1.54) is 0 Å². The van der Waals surface area contributed by atoms with Gasteiger partial charge >= 0.3 is 0 Å². The molecule has 0 radical (unpaired) electrons. The molecule has 2 rings (SSSR count). The molecule has 0 aliphatic carbocycles. The predicted molar refractivity (Wildman–Crippen MR) is 70.5 cm³/mol. The van der Waals surface area contributed by atoms with Gasteiger partial charge in [0.05, 0.1) is 5.71 Å². The highest BCUT2D eigenvalue weighted by atomic mass is 79.9. The molecule has 1 heterocycles. The Hall–Kier alpha value is -0.680. The lowest BCUT2D eigenvalue weighted by Crippen LogP contribution is -2.25. The van der Waals surface area contributed by atoms with Crippen molar-refractivity contribution in [3.63, 3.8) is 0 Å². The van der Waals surface area contributed by atoms with Gasteiger partial charge in [0.2, 0.25) is 5.91 Å². The first-order valence-electron chi connectivity index (χ1n) is 4.89. The fourth-order valence-electron chi connectivity index (χ4n) is 1.49. The summed E-state index contributed by atoms with van der Waals surface area (Å²) in [6.07, 6.45) is 1.19. The second kappa shape index (κ2) is 4.67. The van der Waals surface area contributed by atoms with Crippen LogP contribution in [-0.2, 0) is 4.79 Å². The van der Waals surface area contributed by atoms with E-state index in [2.05, 4.69) is 42.4 Å². The first-order valence-corrected chi connectivity index (χ1v) is 6.48. The van der Waals surface area contributed by atoms with Crippen molar-refractivity contribution < 1.29 is 4.79 Å². The minimum atomic E-state index is -0.0195. The summed E-state index contributed by atoms with van der Waals surface area (Å²) in [7, 11) is 0. The number of carbonyl (C=O) groups is 1. The number of rotatable bonds is 1. The third kappa shape index (κ3) is 2.35. The number of amides is 1. The highest BCUT2D eigenvalue weighted by Crippen LogP contribution is 2.27. The molecule has 3 nitrogen and oxygen atoms in total. The molecule has 0 bridgehead atoms. The van der Waals surface area contributed by atoms with Crippen LogP contribution in [0.25, 0.3) is 0 Å². The monoisotopic (exact) mass is 344 g/mol. The molecule has 1 aliphatic rings. The zero-order chi connectivity index (χ0) is 11.7. The number of nitrogens with zero attached hydrogens (tertiary/aromatic N) is 1. The van der Waals surface area contributed by atoms with Crippen LogP contribution in [0.2, 0.25) is 0 Å². The number of nitrogens with one attached hydrogen (secondary N) is 1. The Labute approximate surface area is 111 Å². The van der Waals surface area contributed by atoms with Crippen LogP contribution in [0.3, 0.4) is 0 Å². The van der Waals surface area contributed by atoms with Crippen molar-refractivity contribution in [3.05, 3.63) is 32.2 Å². The van der Waals surface area contributed by atoms with Crippen LogP contribution in [0.15, 0.2) is 26.2 Å². The van der Waals surface area contributed by atoms with Gasteiger partial charge in [-0.2, -0.15) is 5.10 Å². The molecule has 0 spiro atoms. The van der Waals surface area contributed by atoms with Gasteiger partial charge in [-0.3, -0.25) is 4.79 Å². The molecule has 1 N–H and O–H groups in total. The van der Waals surface area contributed by atoms with Crippen molar-refractivity contribution in [2.75, 3.05) is 0 Å². The van der Waals surface area contributed by atoms with Crippen molar-refractivity contribution in [3.8, 4) is 0 Å². The smallest absolute Gasteiger partial charge is 0.240 e. The zero-order valence-electron chi connectivity index (χ0n) is 8.68. The zero-order valence-corrected chi connectivity index (χ0v) is 11.9. The van der Waals surface area contributed by atoms with Crippen LogP contribution in [0, 0.1) is 6.92 Å². The molecular weight excluding hydrogens is 336 g/mol. The maximum Gasteiger partial charge on any atom is 0.240 e. The number of hydrogen-bond acceptors (Lipinski definition) is 2. The Kier molecular flexibility index (Phi) is 3.44. The highest BCUT2D eigenvalue weighted by Gasteiger charge is 2.14. The highest BCUT2D eigenvalue weighted by molar-refractivity contribution is 9.11. The van der Waals surface area contributed by atoms with E-state index in [-0.39, 0.29) is 5.91 Å². The van der Waals surface area contributed by atoms with E-state index < -0.39 is 0 Å². The van der Waals surface area contributed by atoms with E-state index in [1.54, 1.807) is 0 Å². The molecule has 1 aromatic rings. The lowest BCUT2D eigenvalue weighted by atomic mass is 10.0. The first-order chi connectivity index (χ1) is 7.58. The fraction of sp³-hybridized carbons (Fsp3) is 0.273. The van der Waals surface area contributed by atoms with Crippen molar-refractivity contribution >= 4 is 43.5 Å². The van der Waals surface area contributed by atoms with Crippen molar-refractivity contribution in [2.45, 2.75) is 19.8 Å². The minimum Gasteiger partial charge on any atom is -0.273 e. The predicted octanol–water partition coefficient (Wildman–Crippen LogP) is 3.13. The Morgan fingerprint density at radius 2 is 1.88 bits per heavy atom. The molecule has 0 atom stereocenters. The normalized spacial score (nSPS) is 15.7. The number of hydrazone groups is 1. The molecule has 0 unspecified atom stereocenters. The summed E-state index contributed by atoms with van der Waals surface area (Å²) >= 11 is 7.01. The maximum atomic E-state index is 11.0. The first kappa shape index (κ1) is 11.8. The fourth-order valence-corrected chi connectivity index (χ4v) is 2.68. The van der Waals surface area contributed by atoms with E-state index in [4.69, 9.17) is 0 Å². The standard InChI is InChI=1S/C11H10Br2N2O/c1-6-8(12)4-7(5-9(6)13)10-2-3-11(16)15-14-10/h4-5H,2-3H2,1H3,(H,15,16). The summed E-state index contributed by atoms with van der Waals surface area (Å²) in [5, 5.41) is 4.07. The van der Waals surface area contributed by atoms with Gasteiger partial charge in [0.25, 0.3) is 0 Å². The summed E-state index contributed by atoms with van der Waals surface area (Å²) in [6.45, 7) is 2.03. The van der Waals surface area contributed by atoms with Crippen LogP contribution >= 0.6 is 31.9 Å².